The minimum absolute atomic E-state index is 0.0637. The molecule has 6 nitrogen and oxygen atoms in total. The predicted molar refractivity (Wildman–Crippen MR) is 261 cm³/mol. The predicted octanol–water partition coefficient (Wildman–Crippen LogP) is 17.7. The van der Waals surface area contributed by atoms with Crippen molar-refractivity contribution in [3.63, 3.8) is 0 Å². The molecule has 0 spiro atoms. The fourth-order valence-corrected chi connectivity index (χ4v) is 8.31. The summed E-state index contributed by atoms with van der Waals surface area (Å²) in [4.78, 5) is 37.9. The third-order valence-corrected chi connectivity index (χ3v) is 12.8. The number of hydrogen-bond donors (Lipinski definition) is 0. The van der Waals surface area contributed by atoms with E-state index in [1.54, 1.807) is 0 Å². The second kappa shape index (κ2) is 47.9. The molecule has 0 saturated carbocycles. The summed E-state index contributed by atoms with van der Waals surface area (Å²) in [6.45, 7) is 11.4. The van der Waals surface area contributed by atoms with Crippen molar-refractivity contribution >= 4 is 17.9 Å². The number of hydrogen-bond acceptors (Lipinski definition) is 6. The first-order chi connectivity index (χ1) is 29.8. The maximum absolute atomic E-state index is 12.8. The SMILES string of the molecule is CCCCCCCCCCCCC(=O)OC[C@H](COC(=O)CCCCCCCCCCCCCCCCCCCCC(C)C)OC(=O)CCCCCCCCCCC(C)CC. The Hall–Kier alpha value is -1.59. The Morgan fingerprint density at radius 2 is 0.623 bits per heavy atom. The number of esters is 3. The van der Waals surface area contributed by atoms with Crippen LogP contribution in [-0.4, -0.2) is 37.2 Å². The van der Waals surface area contributed by atoms with Gasteiger partial charge in [0.2, 0.25) is 0 Å². The fourth-order valence-electron chi connectivity index (χ4n) is 8.31. The van der Waals surface area contributed by atoms with Gasteiger partial charge in [-0.3, -0.25) is 14.4 Å². The molecule has 0 aromatic carbocycles. The summed E-state index contributed by atoms with van der Waals surface area (Å²) in [7, 11) is 0. The molecule has 362 valence electrons. The van der Waals surface area contributed by atoms with Crippen LogP contribution in [0.25, 0.3) is 0 Å². The number of carbonyl (C=O) groups excluding carboxylic acids is 3. The molecule has 1 unspecified atom stereocenters. The number of ether oxygens (including phenoxy) is 3. The van der Waals surface area contributed by atoms with Crippen molar-refractivity contribution in [1.82, 2.24) is 0 Å². The molecular formula is C55H106O6. The Bertz CT molecular complexity index is 933. The molecule has 0 fully saturated rings. The Balaban J connectivity index is 4.19. The normalized spacial score (nSPS) is 12.5. The van der Waals surface area contributed by atoms with Crippen LogP contribution < -0.4 is 0 Å². The summed E-state index contributed by atoms with van der Waals surface area (Å²) in [6.07, 6.45) is 49.5. The Morgan fingerprint density at radius 1 is 0.344 bits per heavy atom. The smallest absolute Gasteiger partial charge is 0.306 e. The van der Waals surface area contributed by atoms with Gasteiger partial charge in [-0.25, -0.2) is 0 Å². The fraction of sp³-hybridized carbons (Fsp3) is 0.945. The number of unbranched alkanes of at least 4 members (excludes halogenated alkanes) is 33. The van der Waals surface area contributed by atoms with Gasteiger partial charge in [0.25, 0.3) is 0 Å². The molecule has 0 aromatic rings. The molecule has 0 radical (unpaired) electrons. The minimum Gasteiger partial charge on any atom is -0.462 e. The van der Waals surface area contributed by atoms with E-state index in [0.29, 0.717) is 19.3 Å². The van der Waals surface area contributed by atoms with E-state index in [9.17, 15) is 14.4 Å². The zero-order valence-corrected chi connectivity index (χ0v) is 41.8. The van der Waals surface area contributed by atoms with Gasteiger partial charge in [0.05, 0.1) is 0 Å². The van der Waals surface area contributed by atoms with E-state index in [4.69, 9.17) is 14.2 Å². The van der Waals surface area contributed by atoms with Crippen LogP contribution in [0.3, 0.4) is 0 Å². The van der Waals surface area contributed by atoms with Crippen molar-refractivity contribution in [2.45, 2.75) is 310 Å². The van der Waals surface area contributed by atoms with Gasteiger partial charge in [-0.2, -0.15) is 0 Å². The van der Waals surface area contributed by atoms with Crippen LogP contribution in [0.15, 0.2) is 0 Å². The molecule has 0 heterocycles. The van der Waals surface area contributed by atoms with Crippen LogP contribution in [0.1, 0.15) is 304 Å². The lowest BCUT2D eigenvalue weighted by molar-refractivity contribution is -0.167. The summed E-state index contributed by atoms with van der Waals surface area (Å²) in [5, 5.41) is 0. The van der Waals surface area contributed by atoms with Gasteiger partial charge in [0.1, 0.15) is 13.2 Å². The van der Waals surface area contributed by atoms with E-state index in [0.717, 1.165) is 69.6 Å². The second-order valence-corrected chi connectivity index (χ2v) is 19.6. The first-order valence-corrected chi connectivity index (χ1v) is 27.3. The highest BCUT2D eigenvalue weighted by Gasteiger charge is 2.19. The Kier molecular flexibility index (Phi) is 46.6. The topological polar surface area (TPSA) is 78.9 Å². The molecule has 0 aliphatic carbocycles. The molecule has 61 heavy (non-hydrogen) atoms. The zero-order valence-electron chi connectivity index (χ0n) is 41.8. The zero-order chi connectivity index (χ0) is 44.7. The third kappa shape index (κ3) is 47.7. The molecule has 2 atom stereocenters. The van der Waals surface area contributed by atoms with Gasteiger partial charge in [-0.05, 0) is 31.1 Å². The maximum atomic E-state index is 12.8. The quantitative estimate of drug-likeness (QED) is 0.0344. The van der Waals surface area contributed by atoms with Crippen LogP contribution in [-0.2, 0) is 28.6 Å². The third-order valence-electron chi connectivity index (χ3n) is 12.8. The summed E-state index contributed by atoms with van der Waals surface area (Å²) in [5.41, 5.74) is 0. The largest absolute Gasteiger partial charge is 0.462 e. The monoisotopic (exact) mass is 863 g/mol. The van der Waals surface area contributed by atoms with Gasteiger partial charge in [-0.15, -0.1) is 0 Å². The molecule has 0 aliphatic heterocycles. The molecule has 0 aliphatic rings. The van der Waals surface area contributed by atoms with Crippen LogP contribution >= 0.6 is 0 Å². The van der Waals surface area contributed by atoms with Crippen LogP contribution in [0, 0.1) is 11.8 Å². The minimum atomic E-state index is -0.761. The lowest BCUT2D eigenvalue weighted by atomic mass is 9.99. The molecule has 0 bridgehead atoms. The first-order valence-electron chi connectivity index (χ1n) is 27.3. The van der Waals surface area contributed by atoms with Crippen molar-refractivity contribution in [3.05, 3.63) is 0 Å². The van der Waals surface area contributed by atoms with Crippen molar-refractivity contribution in [2.75, 3.05) is 13.2 Å². The van der Waals surface area contributed by atoms with Gasteiger partial charge in [-0.1, -0.05) is 266 Å². The van der Waals surface area contributed by atoms with E-state index in [1.807, 2.05) is 0 Å². The lowest BCUT2D eigenvalue weighted by Crippen LogP contribution is -2.30. The van der Waals surface area contributed by atoms with E-state index in [1.165, 1.54) is 193 Å². The Morgan fingerprint density at radius 3 is 0.934 bits per heavy atom. The van der Waals surface area contributed by atoms with Crippen LogP contribution in [0.5, 0.6) is 0 Å². The van der Waals surface area contributed by atoms with E-state index in [2.05, 4.69) is 34.6 Å². The van der Waals surface area contributed by atoms with E-state index >= 15 is 0 Å². The van der Waals surface area contributed by atoms with Crippen LogP contribution in [0.2, 0.25) is 0 Å². The first kappa shape index (κ1) is 59.4. The molecule has 0 aromatic heterocycles. The highest BCUT2D eigenvalue weighted by Crippen LogP contribution is 2.18. The lowest BCUT2D eigenvalue weighted by Gasteiger charge is -2.18. The van der Waals surface area contributed by atoms with Crippen molar-refractivity contribution in [3.8, 4) is 0 Å². The number of carbonyl (C=O) groups is 3. The molecule has 0 rings (SSSR count). The van der Waals surface area contributed by atoms with Gasteiger partial charge in [0.15, 0.2) is 6.10 Å². The standard InChI is InChI=1S/C55H106O6/c1-6-8-9-10-11-12-24-30-35-40-45-53(56)59-48-52(61-55(58)47-42-37-32-27-26-29-34-39-44-51(5)7-2)49-60-54(57)46-41-36-31-25-22-20-18-16-14-13-15-17-19-21-23-28-33-38-43-50(3)4/h50-52H,6-49H2,1-5H3/t51?,52-/m1/s1. The van der Waals surface area contributed by atoms with Gasteiger partial charge in [0, 0.05) is 19.3 Å². The van der Waals surface area contributed by atoms with Crippen molar-refractivity contribution < 1.29 is 28.6 Å². The van der Waals surface area contributed by atoms with Crippen molar-refractivity contribution in [2.24, 2.45) is 11.8 Å². The van der Waals surface area contributed by atoms with Crippen molar-refractivity contribution in [1.29, 1.82) is 0 Å². The number of rotatable bonds is 49. The maximum Gasteiger partial charge on any atom is 0.306 e. The average molecular weight is 863 g/mol. The summed E-state index contributed by atoms with van der Waals surface area (Å²) in [6, 6.07) is 0. The second-order valence-electron chi connectivity index (χ2n) is 19.6. The van der Waals surface area contributed by atoms with E-state index < -0.39 is 6.10 Å². The van der Waals surface area contributed by atoms with Crippen LogP contribution in [0.4, 0.5) is 0 Å². The summed E-state index contributed by atoms with van der Waals surface area (Å²) < 4.78 is 16.8. The molecule has 0 saturated heterocycles. The molecule has 0 N–H and O–H groups in total. The van der Waals surface area contributed by atoms with E-state index in [-0.39, 0.29) is 31.1 Å². The molecule has 0 amide bonds. The Labute approximate surface area is 380 Å². The highest BCUT2D eigenvalue weighted by atomic mass is 16.6. The van der Waals surface area contributed by atoms with Gasteiger partial charge >= 0.3 is 17.9 Å². The summed E-state index contributed by atoms with van der Waals surface area (Å²) >= 11 is 0. The van der Waals surface area contributed by atoms with Gasteiger partial charge < -0.3 is 14.2 Å². The molecular weight excluding hydrogens is 757 g/mol. The summed E-state index contributed by atoms with van der Waals surface area (Å²) in [5.74, 6) is 0.856. The average Bonchev–Trinajstić information content (AvgIpc) is 3.24. The highest BCUT2D eigenvalue weighted by molar-refractivity contribution is 5.71. The molecule has 6 heteroatoms.